The number of benzene rings is 1. The maximum Gasteiger partial charge on any atom is 0.329 e. The Morgan fingerprint density at radius 1 is 1.19 bits per heavy atom. The number of aromatic nitrogens is 1. The summed E-state index contributed by atoms with van der Waals surface area (Å²) in [5, 5.41) is 11.6. The third-order valence-corrected chi connectivity index (χ3v) is 4.43. The Hall–Kier alpha value is -3.33. The number of hydrogen-bond donors (Lipinski definition) is 1. The van der Waals surface area contributed by atoms with E-state index in [1.807, 2.05) is 39.0 Å². The molecule has 0 saturated carbocycles. The molecule has 3 rings (SSSR count). The third-order valence-electron chi connectivity index (χ3n) is 4.43. The normalized spacial score (nSPS) is 15.5. The second-order valence-electron chi connectivity index (χ2n) is 6.27. The average molecular weight is 348 g/mol. The van der Waals surface area contributed by atoms with Crippen molar-refractivity contribution in [1.82, 2.24) is 14.8 Å². The predicted octanol–water partition coefficient (Wildman–Crippen LogP) is 3.27. The highest BCUT2D eigenvalue weighted by molar-refractivity contribution is 6.14. The second kappa shape index (κ2) is 6.89. The Morgan fingerprint density at radius 2 is 1.88 bits per heavy atom. The molecular weight excluding hydrogens is 328 g/mol. The van der Waals surface area contributed by atoms with E-state index in [0.29, 0.717) is 17.8 Å². The van der Waals surface area contributed by atoms with E-state index in [1.165, 1.54) is 4.90 Å². The van der Waals surface area contributed by atoms with Gasteiger partial charge in [-0.25, -0.2) is 4.79 Å². The molecule has 1 aliphatic rings. The first-order chi connectivity index (χ1) is 12.5. The smallest absolute Gasteiger partial charge is 0.318 e. The van der Waals surface area contributed by atoms with Gasteiger partial charge >= 0.3 is 6.03 Å². The van der Waals surface area contributed by atoms with Crippen LogP contribution in [-0.2, 0) is 4.79 Å². The number of nitrogens with zero attached hydrogens (tertiary/aromatic N) is 3. The Balaban J connectivity index is 1.97. The SMILES string of the molecule is CCCN1C(=O)N/C(=C/c2cc(C)n(-c3ccc(C#N)cc3)c2C)C1=O. The van der Waals surface area contributed by atoms with Crippen LogP contribution in [0.4, 0.5) is 4.79 Å². The zero-order valence-corrected chi connectivity index (χ0v) is 15.0. The fourth-order valence-corrected chi connectivity index (χ4v) is 3.17. The quantitative estimate of drug-likeness (QED) is 0.680. The largest absolute Gasteiger partial charge is 0.329 e. The molecule has 0 radical (unpaired) electrons. The van der Waals surface area contributed by atoms with Gasteiger partial charge in [-0.3, -0.25) is 9.69 Å². The van der Waals surface area contributed by atoms with Crippen molar-refractivity contribution < 1.29 is 9.59 Å². The van der Waals surface area contributed by atoms with Gasteiger partial charge in [0.15, 0.2) is 0 Å². The average Bonchev–Trinajstić information content (AvgIpc) is 3.05. The lowest BCUT2D eigenvalue weighted by Gasteiger charge is -2.09. The van der Waals surface area contributed by atoms with Crippen LogP contribution < -0.4 is 5.32 Å². The summed E-state index contributed by atoms with van der Waals surface area (Å²) in [5.41, 5.74) is 4.67. The summed E-state index contributed by atoms with van der Waals surface area (Å²) in [5.74, 6) is -0.292. The summed E-state index contributed by atoms with van der Waals surface area (Å²) < 4.78 is 2.05. The molecule has 26 heavy (non-hydrogen) atoms. The molecule has 6 nitrogen and oxygen atoms in total. The van der Waals surface area contributed by atoms with Crippen LogP contribution in [0.3, 0.4) is 0 Å². The second-order valence-corrected chi connectivity index (χ2v) is 6.27. The number of amides is 3. The summed E-state index contributed by atoms with van der Waals surface area (Å²) in [6.07, 6.45) is 2.44. The molecular formula is C20H20N4O2. The van der Waals surface area contributed by atoms with E-state index in [0.717, 1.165) is 29.1 Å². The molecule has 1 N–H and O–H groups in total. The van der Waals surface area contributed by atoms with E-state index < -0.39 is 0 Å². The van der Waals surface area contributed by atoms with Crippen molar-refractivity contribution in [2.24, 2.45) is 0 Å². The Morgan fingerprint density at radius 3 is 2.50 bits per heavy atom. The molecule has 1 saturated heterocycles. The van der Waals surface area contributed by atoms with Crippen LogP contribution in [0, 0.1) is 25.2 Å². The summed E-state index contributed by atoms with van der Waals surface area (Å²) in [6, 6.07) is 11.0. The van der Waals surface area contributed by atoms with E-state index in [1.54, 1.807) is 18.2 Å². The van der Waals surface area contributed by atoms with Crippen molar-refractivity contribution in [3.63, 3.8) is 0 Å². The predicted molar refractivity (Wildman–Crippen MR) is 98.5 cm³/mol. The minimum Gasteiger partial charge on any atom is -0.318 e. The van der Waals surface area contributed by atoms with Crippen LogP contribution in [-0.4, -0.2) is 28.0 Å². The zero-order chi connectivity index (χ0) is 18.8. The van der Waals surface area contributed by atoms with E-state index in [-0.39, 0.29) is 11.9 Å². The van der Waals surface area contributed by atoms with E-state index in [9.17, 15) is 9.59 Å². The van der Waals surface area contributed by atoms with Gasteiger partial charge in [0.25, 0.3) is 5.91 Å². The molecule has 132 valence electrons. The number of rotatable bonds is 4. The van der Waals surface area contributed by atoms with Crippen molar-refractivity contribution in [3.8, 4) is 11.8 Å². The number of carbonyl (C=O) groups excluding carboxylic acids is 2. The number of carbonyl (C=O) groups is 2. The topological polar surface area (TPSA) is 78.1 Å². The first-order valence-corrected chi connectivity index (χ1v) is 8.50. The molecule has 0 bridgehead atoms. The molecule has 0 atom stereocenters. The lowest BCUT2D eigenvalue weighted by molar-refractivity contribution is -0.122. The van der Waals surface area contributed by atoms with Crippen molar-refractivity contribution in [3.05, 3.63) is 58.5 Å². The number of aryl methyl sites for hydroxylation is 1. The fourth-order valence-electron chi connectivity index (χ4n) is 3.17. The van der Waals surface area contributed by atoms with E-state index in [4.69, 9.17) is 5.26 Å². The highest BCUT2D eigenvalue weighted by Crippen LogP contribution is 2.24. The van der Waals surface area contributed by atoms with Crippen LogP contribution in [0.5, 0.6) is 0 Å². The molecule has 0 spiro atoms. The van der Waals surface area contributed by atoms with Gasteiger partial charge in [-0.2, -0.15) is 5.26 Å². The molecule has 0 unspecified atom stereocenters. The van der Waals surface area contributed by atoms with Gasteiger partial charge in [-0.15, -0.1) is 0 Å². The first kappa shape index (κ1) is 17.5. The van der Waals surface area contributed by atoms with Gasteiger partial charge in [-0.05, 0) is 62.2 Å². The lowest BCUT2D eigenvalue weighted by Crippen LogP contribution is -2.31. The molecule has 1 fully saturated rings. The van der Waals surface area contributed by atoms with Crippen LogP contribution in [0.15, 0.2) is 36.0 Å². The zero-order valence-electron chi connectivity index (χ0n) is 15.0. The number of urea groups is 1. The highest BCUT2D eigenvalue weighted by Gasteiger charge is 2.32. The van der Waals surface area contributed by atoms with Crippen LogP contribution in [0.1, 0.15) is 35.9 Å². The molecule has 6 heteroatoms. The third kappa shape index (κ3) is 3.00. The van der Waals surface area contributed by atoms with Gasteiger partial charge in [0, 0.05) is 23.6 Å². The molecule has 0 aliphatic carbocycles. The number of nitrogens with one attached hydrogen (secondary N) is 1. The van der Waals surface area contributed by atoms with Crippen molar-refractivity contribution >= 4 is 18.0 Å². The maximum absolute atomic E-state index is 12.4. The molecule has 2 heterocycles. The molecule has 1 aliphatic heterocycles. The fraction of sp³-hybridized carbons (Fsp3) is 0.250. The summed E-state index contributed by atoms with van der Waals surface area (Å²) in [4.78, 5) is 25.6. The molecule has 2 aromatic rings. The standard InChI is InChI=1S/C20H20N4O2/c1-4-9-23-19(25)18(22-20(23)26)11-16-10-13(2)24(14(16)3)17-7-5-15(12-21)6-8-17/h5-8,10-11H,4,9H2,1-3H3,(H,22,26)/b18-11+. The van der Waals surface area contributed by atoms with Gasteiger partial charge in [0.05, 0.1) is 11.6 Å². The van der Waals surface area contributed by atoms with Crippen LogP contribution in [0.2, 0.25) is 0 Å². The summed E-state index contributed by atoms with van der Waals surface area (Å²) >= 11 is 0. The Bertz CT molecular complexity index is 945. The number of hydrogen-bond acceptors (Lipinski definition) is 3. The Labute approximate surface area is 152 Å². The summed E-state index contributed by atoms with van der Waals surface area (Å²) in [6.45, 7) is 6.27. The number of imide groups is 1. The van der Waals surface area contributed by atoms with Gasteiger partial charge in [0.1, 0.15) is 5.70 Å². The molecule has 1 aromatic carbocycles. The minimum atomic E-state index is -0.371. The molecule has 1 aromatic heterocycles. The Kier molecular flexibility index (Phi) is 4.63. The van der Waals surface area contributed by atoms with Gasteiger partial charge in [0.2, 0.25) is 0 Å². The number of nitriles is 1. The van der Waals surface area contributed by atoms with Crippen LogP contribution >= 0.6 is 0 Å². The lowest BCUT2D eigenvalue weighted by atomic mass is 10.2. The highest BCUT2D eigenvalue weighted by atomic mass is 16.2. The van der Waals surface area contributed by atoms with Crippen molar-refractivity contribution in [1.29, 1.82) is 5.26 Å². The summed E-state index contributed by atoms with van der Waals surface area (Å²) in [7, 11) is 0. The van der Waals surface area contributed by atoms with E-state index in [2.05, 4.69) is 16.0 Å². The maximum atomic E-state index is 12.4. The van der Waals surface area contributed by atoms with E-state index >= 15 is 0 Å². The van der Waals surface area contributed by atoms with Crippen molar-refractivity contribution in [2.75, 3.05) is 6.54 Å². The monoisotopic (exact) mass is 348 g/mol. The minimum absolute atomic E-state index is 0.292. The first-order valence-electron chi connectivity index (χ1n) is 8.50. The molecule has 3 amide bonds. The van der Waals surface area contributed by atoms with Crippen LogP contribution in [0.25, 0.3) is 11.8 Å². The van der Waals surface area contributed by atoms with Gasteiger partial charge < -0.3 is 9.88 Å². The van der Waals surface area contributed by atoms with Crippen molar-refractivity contribution in [2.45, 2.75) is 27.2 Å². The van der Waals surface area contributed by atoms with Gasteiger partial charge in [-0.1, -0.05) is 6.92 Å².